The third-order valence-corrected chi connectivity index (χ3v) is 3.54. The summed E-state index contributed by atoms with van der Waals surface area (Å²) in [5.41, 5.74) is 1.81. The minimum atomic E-state index is -0.117. The lowest BCUT2D eigenvalue weighted by Gasteiger charge is -2.27. The quantitative estimate of drug-likeness (QED) is 0.758. The molecule has 0 N–H and O–H groups in total. The van der Waals surface area contributed by atoms with Crippen molar-refractivity contribution in [1.82, 2.24) is 9.88 Å². The number of carbonyl (C=O) groups excluding carboxylic acids is 1. The maximum atomic E-state index is 12.5. The van der Waals surface area contributed by atoms with Crippen molar-refractivity contribution in [2.24, 2.45) is 10.6 Å². The topological polar surface area (TPSA) is 54.8 Å². The summed E-state index contributed by atoms with van der Waals surface area (Å²) in [4.78, 5) is 23.9. The molecule has 1 atom stereocenters. The normalized spacial score (nSPS) is 17.3. The average molecular weight is 315 g/mol. The lowest BCUT2D eigenvalue weighted by Crippen LogP contribution is -2.39. The third-order valence-electron chi connectivity index (χ3n) is 3.54. The Morgan fingerprint density at radius 2 is 2.30 bits per heavy atom. The second-order valence-corrected chi connectivity index (χ2v) is 7.04. The monoisotopic (exact) mass is 315 g/mol. The van der Waals surface area contributed by atoms with Crippen molar-refractivity contribution in [2.45, 2.75) is 39.7 Å². The van der Waals surface area contributed by atoms with E-state index in [1.165, 1.54) is 0 Å². The number of pyridine rings is 1. The van der Waals surface area contributed by atoms with E-state index < -0.39 is 0 Å². The Hall–Kier alpha value is -2.17. The van der Waals surface area contributed by atoms with E-state index in [0.717, 1.165) is 11.3 Å². The van der Waals surface area contributed by atoms with Crippen molar-refractivity contribution in [2.75, 3.05) is 13.1 Å². The van der Waals surface area contributed by atoms with Crippen LogP contribution in [0, 0.1) is 5.41 Å². The van der Waals surface area contributed by atoms with Crippen molar-refractivity contribution in [1.29, 1.82) is 0 Å². The molecule has 0 unspecified atom stereocenters. The average Bonchev–Trinajstić information content (AvgIpc) is 2.94. The highest BCUT2D eigenvalue weighted by Gasteiger charge is 2.28. The molecule has 0 saturated heterocycles. The van der Waals surface area contributed by atoms with Gasteiger partial charge in [-0.05, 0) is 17.5 Å². The van der Waals surface area contributed by atoms with Gasteiger partial charge in [0.2, 0.25) is 5.91 Å². The Kier molecular flexibility index (Phi) is 5.53. The van der Waals surface area contributed by atoms with Crippen molar-refractivity contribution in [3.63, 3.8) is 0 Å². The third kappa shape index (κ3) is 5.20. The fraction of sp³-hybridized carbons (Fsp3) is 0.500. The Labute approximate surface area is 138 Å². The first-order valence-corrected chi connectivity index (χ1v) is 7.91. The highest BCUT2D eigenvalue weighted by atomic mass is 16.6. The number of carbonyl (C=O) groups is 1. The van der Waals surface area contributed by atoms with Crippen molar-refractivity contribution in [3.05, 3.63) is 42.7 Å². The lowest BCUT2D eigenvalue weighted by molar-refractivity contribution is -0.134. The van der Waals surface area contributed by atoms with Gasteiger partial charge in [0, 0.05) is 37.3 Å². The minimum Gasteiger partial charge on any atom is -0.390 e. The largest absolute Gasteiger partial charge is 0.390 e. The van der Waals surface area contributed by atoms with E-state index in [4.69, 9.17) is 4.84 Å². The minimum absolute atomic E-state index is 0.0373. The zero-order chi connectivity index (χ0) is 16.9. The van der Waals surface area contributed by atoms with Gasteiger partial charge in [-0.3, -0.25) is 9.78 Å². The summed E-state index contributed by atoms with van der Waals surface area (Å²) < 4.78 is 0. The lowest BCUT2D eigenvalue weighted by atomic mass is 9.91. The number of nitrogens with zero attached hydrogens (tertiary/aromatic N) is 3. The van der Waals surface area contributed by atoms with Crippen LogP contribution in [-0.2, 0) is 9.63 Å². The SMILES string of the molecule is C=CCN(C[C@@H]1CC(c2cccnc2)=NO1)C(=O)CC(C)(C)C. The molecule has 0 fully saturated rings. The number of rotatable bonds is 6. The van der Waals surface area contributed by atoms with Crippen molar-refractivity contribution >= 4 is 11.6 Å². The smallest absolute Gasteiger partial charge is 0.223 e. The molecule has 1 aliphatic heterocycles. The van der Waals surface area contributed by atoms with Crippen LogP contribution in [0.2, 0.25) is 0 Å². The van der Waals surface area contributed by atoms with Gasteiger partial charge >= 0.3 is 0 Å². The summed E-state index contributed by atoms with van der Waals surface area (Å²) in [5.74, 6) is 0.121. The molecule has 5 heteroatoms. The second-order valence-electron chi connectivity index (χ2n) is 7.04. The predicted octanol–water partition coefficient (Wildman–Crippen LogP) is 3.03. The fourth-order valence-corrected chi connectivity index (χ4v) is 2.48. The van der Waals surface area contributed by atoms with Gasteiger partial charge in [-0.2, -0.15) is 0 Å². The molecule has 0 aliphatic carbocycles. The van der Waals surface area contributed by atoms with Crippen LogP contribution in [0.4, 0.5) is 0 Å². The highest BCUT2D eigenvalue weighted by Crippen LogP contribution is 2.22. The molecular formula is C18H25N3O2. The van der Waals surface area contributed by atoms with Gasteiger partial charge < -0.3 is 9.74 Å². The molecule has 1 aliphatic rings. The van der Waals surface area contributed by atoms with Gasteiger partial charge in [-0.25, -0.2) is 0 Å². The van der Waals surface area contributed by atoms with Gasteiger partial charge in [-0.15, -0.1) is 6.58 Å². The second kappa shape index (κ2) is 7.40. The van der Waals surface area contributed by atoms with Crippen LogP contribution >= 0.6 is 0 Å². The number of hydrogen-bond donors (Lipinski definition) is 0. The van der Waals surface area contributed by atoms with Crippen LogP contribution in [0.5, 0.6) is 0 Å². The van der Waals surface area contributed by atoms with E-state index in [-0.39, 0.29) is 17.4 Å². The van der Waals surface area contributed by atoms with Crippen LogP contribution in [0.25, 0.3) is 0 Å². The summed E-state index contributed by atoms with van der Waals surface area (Å²) >= 11 is 0. The summed E-state index contributed by atoms with van der Waals surface area (Å²) in [5, 5.41) is 4.15. The van der Waals surface area contributed by atoms with E-state index in [0.29, 0.717) is 25.9 Å². The van der Waals surface area contributed by atoms with E-state index in [9.17, 15) is 4.79 Å². The zero-order valence-corrected chi connectivity index (χ0v) is 14.2. The summed E-state index contributed by atoms with van der Waals surface area (Å²) in [6, 6.07) is 3.84. The Bertz CT molecular complexity index is 576. The molecule has 124 valence electrons. The molecule has 0 spiro atoms. The van der Waals surface area contributed by atoms with Crippen molar-refractivity contribution < 1.29 is 9.63 Å². The van der Waals surface area contributed by atoms with Crippen LogP contribution in [0.15, 0.2) is 42.3 Å². The van der Waals surface area contributed by atoms with Gasteiger partial charge in [0.15, 0.2) is 6.10 Å². The molecule has 0 bridgehead atoms. The molecule has 0 radical (unpaired) electrons. The molecular weight excluding hydrogens is 290 g/mol. The molecule has 2 rings (SSSR count). The first-order valence-electron chi connectivity index (χ1n) is 7.91. The van der Waals surface area contributed by atoms with E-state index in [1.807, 2.05) is 12.1 Å². The Balaban J connectivity index is 1.95. The van der Waals surface area contributed by atoms with Crippen LogP contribution < -0.4 is 0 Å². The maximum absolute atomic E-state index is 12.5. The molecule has 2 heterocycles. The van der Waals surface area contributed by atoms with E-state index in [2.05, 4.69) is 37.5 Å². The molecule has 1 amide bonds. The molecule has 0 aromatic carbocycles. The predicted molar refractivity (Wildman–Crippen MR) is 91.1 cm³/mol. The Morgan fingerprint density at radius 1 is 1.52 bits per heavy atom. The number of aromatic nitrogens is 1. The van der Waals surface area contributed by atoms with E-state index >= 15 is 0 Å². The number of amides is 1. The standard InChI is InChI=1S/C18H25N3O2/c1-5-9-21(17(22)11-18(2,3)4)13-15-10-16(20-23-15)14-7-6-8-19-12-14/h5-8,12,15H,1,9-11,13H2,2-4H3/t15-/m0/s1. The first-order chi connectivity index (χ1) is 10.9. The summed E-state index contributed by atoms with van der Waals surface area (Å²) in [6.45, 7) is 11.0. The fourth-order valence-electron chi connectivity index (χ4n) is 2.48. The molecule has 1 aromatic heterocycles. The van der Waals surface area contributed by atoms with Crippen molar-refractivity contribution in [3.8, 4) is 0 Å². The van der Waals surface area contributed by atoms with Gasteiger partial charge in [-0.1, -0.05) is 32.0 Å². The number of hydrogen-bond acceptors (Lipinski definition) is 4. The molecule has 1 aromatic rings. The highest BCUT2D eigenvalue weighted by molar-refractivity contribution is 6.01. The molecule has 0 saturated carbocycles. The van der Waals surface area contributed by atoms with Crippen LogP contribution in [0.1, 0.15) is 39.2 Å². The van der Waals surface area contributed by atoms with Crippen LogP contribution in [-0.4, -0.2) is 40.7 Å². The molecule has 5 nitrogen and oxygen atoms in total. The van der Waals surface area contributed by atoms with E-state index in [1.54, 1.807) is 23.4 Å². The van der Waals surface area contributed by atoms with Gasteiger partial charge in [0.25, 0.3) is 0 Å². The summed E-state index contributed by atoms with van der Waals surface area (Å²) in [6.07, 6.45) is 6.32. The molecule has 23 heavy (non-hydrogen) atoms. The summed E-state index contributed by atoms with van der Waals surface area (Å²) in [7, 11) is 0. The zero-order valence-electron chi connectivity index (χ0n) is 14.2. The maximum Gasteiger partial charge on any atom is 0.223 e. The van der Waals surface area contributed by atoms with Gasteiger partial charge in [0.05, 0.1) is 12.3 Å². The van der Waals surface area contributed by atoms with Gasteiger partial charge in [0.1, 0.15) is 0 Å². The van der Waals surface area contributed by atoms with Crippen LogP contribution in [0.3, 0.4) is 0 Å². The Morgan fingerprint density at radius 3 is 2.91 bits per heavy atom. The number of oxime groups is 1. The first kappa shape index (κ1) is 17.2.